The monoisotopic (exact) mass is 265 g/mol. The number of aromatic nitrogens is 2. The molecule has 0 amide bonds. The van der Waals surface area contributed by atoms with Gasteiger partial charge in [0, 0.05) is 12.3 Å². The van der Waals surface area contributed by atoms with Crippen LogP contribution in [0.4, 0.5) is 8.78 Å². The molecule has 0 bridgehead atoms. The second-order valence-corrected chi connectivity index (χ2v) is 4.22. The first-order valence-corrected chi connectivity index (χ1v) is 5.54. The van der Waals surface area contributed by atoms with Crippen molar-refractivity contribution in [3.05, 3.63) is 51.9 Å². The summed E-state index contributed by atoms with van der Waals surface area (Å²) in [7, 11) is 0. The summed E-state index contributed by atoms with van der Waals surface area (Å²) in [6.07, 6.45) is 1.24. The number of nitriles is 1. The predicted octanol–water partition coefficient (Wildman–Crippen LogP) is 2.07. The molecule has 0 aliphatic carbocycles. The van der Waals surface area contributed by atoms with Crippen molar-refractivity contribution in [3.8, 4) is 6.07 Å². The van der Waals surface area contributed by atoms with Crippen LogP contribution in [-0.2, 0) is 0 Å². The minimum absolute atomic E-state index is 0.0741. The van der Waals surface area contributed by atoms with E-state index in [9.17, 15) is 13.6 Å². The third-order valence-electron chi connectivity index (χ3n) is 1.97. The quantitative estimate of drug-likeness (QED) is 0.844. The summed E-state index contributed by atoms with van der Waals surface area (Å²) < 4.78 is 27.1. The Hall–Kier alpha value is -2.20. The number of aromatic amines is 1. The SMILES string of the molecule is N#Cc1cc(F)c(Sc2nccc(=O)[nH]2)c(F)c1. The van der Waals surface area contributed by atoms with Crippen LogP contribution in [0.15, 0.2) is 39.2 Å². The molecule has 0 radical (unpaired) electrons. The van der Waals surface area contributed by atoms with Crippen LogP contribution < -0.4 is 5.56 Å². The minimum atomic E-state index is -0.872. The molecule has 0 saturated heterocycles. The number of hydrogen-bond donors (Lipinski definition) is 1. The van der Waals surface area contributed by atoms with E-state index in [0.29, 0.717) is 11.8 Å². The molecular formula is C11H5F2N3OS. The van der Waals surface area contributed by atoms with Gasteiger partial charge in [-0.1, -0.05) is 0 Å². The van der Waals surface area contributed by atoms with E-state index in [1.807, 2.05) is 0 Å². The Balaban J connectivity index is 2.41. The summed E-state index contributed by atoms with van der Waals surface area (Å²) in [6, 6.07) is 4.68. The van der Waals surface area contributed by atoms with Gasteiger partial charge in [-0.15, -0.1) is 0 Å². The maximum atomic E-state index is 13.6. The average molecular weight is 265 g/mol. The summed E-state index contributed by atoms with van der Waals surface area (Å²) in [5.74, 6) is -1.74. The third kappa shape index (κ3) is 2.55. The van der Waals surface area contributed by atoms with Crippen LogP contribution in [0.25, 0.3) is 0 Å². The van der Waals surface area contributed by atoms with Crippen LogP contribution in [0.3, 0.4) is 0 Å². The van der Waals surface area contributed by atoms with Gasteiger partial charge in [-0.3, -0.25) is 4.79 Å². The fourth-order valence-electron chi connectivity index (χ4n) is 1.22. The molecule has 2 rings (SSSR count). The van der Waals surface area contributed by atoms with Gasteiger partial charge in [0.15, 0.2) is 5.16 Å². The lowest BCUT2D eigenvalue weighted by atomic mass is 10.2. The topological polar surface area (TPSA) is 69.5 Å². The Labute approximate surface area is 104 Å². The summed E-state index contributed by atoms with van der Waals surface area (Å²) in [5, 5.41) is 8.63. The van der Waals surface area contributed by atoms with Crippen molar-refractivity contribution >= 4 is 11.8 Å². The van der Waals surface area contributed by atoms with Crippen molar-refractivity contribution in [1.82, 2.24) is 9.97 Å². The highest BCUT2D eigenvalue weighted by molar-refractivity contribution is 7.99. The molecule has 1 heterocycles. The molecule has 90 valence electrons. The lowest BCUT2D eigenvalue weighted by Crippen LogP contribution is -2.05. The Morgan fingerprint density at radius 1 is 1.33 bits per heavy atom. The number of hydrogen-bond acceptors (Lipinski definition) is 4. The number of nitrogens with one attached hydrogen (secondary N) is 1. The second kappa shape index (κ2) is 4.98. The fourth-order valence-corrected chi connectivity index (χ4v) is 1.99. The van der Waals surface area contributed by atoms with E-state index in [1.165, 1.54) is 12.3 Å². The summed E-state index contributed by atoms with van der Waals surface area (Å²) in [4.78, 5) is 16.8. The molecule has 4 nitrogen and oxygen atoms in total. The molecule has 2 aromatic rings. The van der Waals surface area contributed by atoms with E-state index in [2.05, 4.69) is 9.97 Å². The highest BCUT2D eigenvalue weighted by Gasteiger charge is 2.13. The standard InChI is InChI=1S/C11H5F2N3OS/c12-7-3-6(5-14)4-8(13)10(7)18-11-15-2-1-9(17)16-11/h1-4H,(H,15,16,17). The molecule has 0 spiro atoms. The van der Waals surface area contributed by atoms with E-state index in [1.54, 1.807) is 6.07 Å². The largest absolute Gasteiger partial charge is 0.301 e. The van der Waals surface area contributed by atoms with Gasteiger partial charge < -0.3 is 4.98 Å². The Morgan fingerprint density at radius 2 is 2.00 bits per heavy atom. The molecular weight excluding hydrogens is 260 g/mol. The van der Waals surface area contributed by atoms with E-state index in [0.717, 1.165) is 12.1 Å². The molecule has 0 aliphatic rings. The van der Waals surface area contributed by atoms with E-state index in [4.69, 9.17) is 5.26 Å². The van der Waals surface area contributed by atoms with Gasteiger partial charge in [0.2, 0.25) is 0 Å². The van der Waals surface area contributed by atoms with Crippen LogP contribution in [0.2, 0.25) is 0 Å². The van der Waals surface area contributed by atoms with Crippen molar-refractivity contribution in [2.45, 2.75) is 10.1 Å². The molecule has 0 saturated carbocycles. The van der Waals surface area contributed by atoms with Crippen LogP contribution in [-0.4, -0.2) is 9.97 Å². The van der Waals surface area contributed by atoms with Gasteiger partial charge in [-0.05, 0) is 23.9 Å². The predicted molar refractivity (Wildman–Crippen MR) is 60.1 cm³/mol. The second-order valence-electron chi connectivity index (χ2n) is 3.22. The zero-order valence-corrected chi connectivity index (χ0v) is 9.59. The van der Waals surface area contributed by atoms with Gasteiger partial charge in [0.1, 0.15) is 11.6 Å². The molecule has 0 aliphatic heterocycles. The van der Waals surface area contributed by atoms with E-state index < -0.39 is 17.2 Å². The highest BCUT2D eigenvalue weighted by atomic mass is 32.2. The van der Waals surface area contributed by atoms with Crippen LogP contribution >= 0.6 is 11.8 Å². The smallest absolute Gasteiger partial charge is 0.251 e. The molecule has 18 heavy (non-hydrogen) atoms. The van der Waals surface area contributed by atoms with Gasteiger partial charge in [-0.2, -0.15) is 5.26 Å². The van der Waals surface area contributed by atoms with Crippen molar-refractivity contribution in [1.29, 1.82) is 5.26 Å². The Bertz CT molecular complexity index is 670. The Kier molecular flexibility index (Phi) is 3.39. The zero-order chi connectivity index (χ0) is 13.1. The minimum Gasteiger partial charge on any atom is -0.301 e. The lowest BCUT2D eigenvalue weighted by Gasteiger charge is -2.04. The van der Waals surface area contributed by atoms with Crippen molar-refractivity contribution in [2.75, 3.05) is 0 Å². The first kappa shape index (κ1) is 12.3. The normalized spacial score (nSPS) is 10.1. The highest BCUT2D eigenvalue weighted by Crippen LogP contribution is 2.29. The number of rotatable bonds is 2. The van der Waals surface area contributed by atoms with Crippen LogP contribution in [0, 0.1) is 23.0 Å². The number of H-pyrrole nitrogens is 1. The molecule has 1 aromatic carbocycles. The first-order chi connectivity index (χ1) is 8.60. The lowest BCUT2D eigenvalue weighted by molar-refractivity contribution is 0.539. The van der Waals surface area contributed by atoms with E-state index >= 15 is 0 Å². The van der Waals surface area contributed by atoms with Crippen LogP contribution in [0.1, 0.15) is 5.56 Å². The molecule has 0 atom stereocenters. The molecule has 1 N–H and O–H groups in total. The molecule has 1 aromatic heterocycles. The molecule has 0 fully saturated rings. The van der Waals surface area contributed by atoms with E-state index in [-0.39, 0.29) is 15.6 Å². The Morgan fingerprint density at radius 3 is 2.56 bits per heavy atom. The third-order valence-corrected chi connectivity index (χ3v) is 2.97. The number of halogens is 2. The van der Waals surface area contributed by atoms with Crippen molar-refractivity contribution < 1.29 is 8.78 Å². The number of benzene rings is 1. The summed E-state index contributed by atoms with van der Waals surface area (Å²) in [5.41, 5.74) is -0.522. The summed E-state index contributed by atoms with van der Waals surface area (Å²) in [6.45, 7) is 0. The van der Waals surface area contributed by atoms with Gasteiger partial charge in [0.05, 0.1) is 16.5 Å². The fraction of sp³-hybridized carbons (Fsp3) is 0. The van der Waals surface area contributed by atoms with Gasteiger partial charge in [-0.25, -0.2) is 13.8 Å². The van der Waals surface area contributed by atoms with Crippen molar-refractivity contribution in [2.24, 2.45) is 0 Å². The maximum absolute atomic E-state index is 13.6. The number of nitrogens with zero attached hydrogens (tertiary/aromatic N) is 2. The molecule has 7 heteroatoms. The first-order valence-electron chi connectivity index (χ1n) is 4.72. The summed E-state index contributed by atoms with van der Waals surface area (Å²) >= 11 is 0.648. The van der Waals surface area contributed by atoms with Gasteiger partial charge in [0.25, 0.3) is 5.56 Å². The zero-order valence-electron chi connectivity index (χ0n) is 8.78. The van der Waals surface area contributed by atoms with Crippen molar-refractivity contribution in [3.63, 3.8) is 0 Å². The van der Waals surface area contributed by atoms with Crippen LogP contribution in [0.5, 0.6) is 0 Å². The van der Waals surface area contributed by atoms with Gasteiger partial charge >= 0.3 is 0 Å². The maximum Gasteiger partial charge on any atom is 0.251 e. The average Bonchev–Trinajstić information content (AvgIpc) is 2.33. The molecule has 0 unspecified atom stereocenters.